The topological polar surface area (TPSA) is 115 Å². The average molecular weight is 414 g/mol. The van der Waals surface area contributed by atoms with Crippen molar-refractivity contribution in [3.8, 4) is 17.2 Å². The zero-order chi connectivity index (χ0) is 20.4. The maximum absolute atomic E-state index is 13.1. The molecule has 0 radical (unpaired) electrons. The number of carboxylic acids is 1. The number of nitrogens with zero attached hydrogens (tertiary/aromatic N) is 4. The molecule has 1 aromatic carbocycles. The normalized spacial score (nSPS) is 15.3. The fourth-order valence-corrected chi connectivity index (χ4v) is 4.60. The number of carbonyl (C=O) groups is 1. The maximum Gasteiger partial charge on any atom is 0.335 e. The molecule has 1 aliphatic rings. The Bertz CT molecular complexity index is 1140. The predicted octanol–water partition coefficient (Wildman–Crippen LogP) is 1.65. The molecule has 150 valence electrons. The minimum Gasteiger partial charge on any atom is -0.478 e. The van der Waals surface area contributed by atoms with Gasteiger partial charge in [0, 0.05) is 37.4 Å². The summed E-state index contributed by atoms with van der Waals surface area (Å²) in [5.41, 5.74) is 0.820. The number of aromatic nitrogens is 3. The summed E-state index contributed by atoms with van der Waals surface area (Å²) < 4.78 is 34.3. The second-order valence-corrected chi connectivity index (χ2v) is 8.31. The second-order valence-electron chi connectivity index (χ2n) is 6.37. The van der Waals surface area contributed by atoms with Crippen LogP contribution in [0.5, 0.6) is 0 Å². The van der Waals surface area contributed by atoms with Crippen LogP contribution in [0.15, 0.2) is 59.9 Å². The molecular weight excluding hydrogens is 396 g/mol. The van der Waals surface area contributed by atoms with E-state index in [1.807, 2.05) is 6.07 Å². The standard InChI is InChI=1S/C19H18N4O5S/c24-19(25)14-11-15(23-6-5-21-18(23)17-3-1-2-4-20-17)13-16(12-14)29(26,27)22-7-9-28-10-8-22/h1-6,11-13H,7-10H2,(H,24,25). The van der Waals surface area contributed by atoms with Crippen molar-refractivity contribution in [3.05, 3.63) is 60.6 Å². The Hall–Kier alpha value is -3.08. The summed E-state index contributed by atoms with van der Waals surface area (Å²) in [6.07, 6.45) is 4.81. The van der Waals surface area contributed by atoms with Crippen molar-refractivity contribution in [2.75, 3.05) is 26.3 Å². The highest BCUT2D eigenvalue weighted by Gasteiger charge is 2.28. The van der Waals surface area contributed by atoms with Gasteiger partial charge < -0.3 is 9.84 Å². The fourth-order valence-electron chi connectivity index (χ4n) is 3.13. The summed E-state index contributed by atoms with van der Waals surface area (Å²) in [7, 11) is -3.87. The van der Waals surface area contributed by atoms with E-state index in [9.17, 15) is 18.3 Å². The van der Waals surface area contributed by atoms with Crippen LogP contribution in [0.4, 0.5) is 0 Å². The zero-order valence-electron chi connectivity index (χ0n) is 15.3. The number of pyridine rings is 1. The molecule has 0 aliphatic carbocycles. The monoisotopic (exact) mass is 414 g/mol. The lowest BCUT2D eigenvalue weighted by Gasteiger charge is -2.26. The molecule has 10 heteroatoms. The van der Waals surface area contributed by atoms with Crippen LogP contribution in [0.3, 0.4) is 0 Å². The number of hydrogen-bond acceptors (Lipinski definition) is 6. The van der Waals surface area contributed by atoms with Gasteiger partial charge in [-0.3, -0.25) is 9.55 Å². The molecule has 0 spiro atoms. The van der Waals surface area contributed by atoms with E-state index < -0.39 is 16.0 Å². The number of benzene rings is 1. The lowest BCUT2D eigenvalue weighted by Crippen LogP contribution is -2.40. The Morgan fingerprint density at radius 1 is 1.07 bits per heavy atom. The number of aromatic carboxylic acids is 1. The van der Waals surface area contributed by atoms with Gasteiger partial charge in [0.15, 0.2) is 5.82 Å². The molecule has 0 amide bonds. The Kier molecular flexibility index (Phi) is 5.14. The first kappa shape index (κ1) is 19.2. The van der Waals surface area contributed by atoms with Crippen LogP contribution in [0.25, 0.3) is 17.2 Å². The van der Waals surface area contributed by atoms with Gasteiger partial charge >= 0.3 is 5.97 Å². The van der Waals surface area contributed by atoms with Gasteiger partial charge in [-0.05, 0) is 30.3 Å². The van der Waals surface area contributed by atoms with Gasteiger partial charge in [-0.1, -0.05) is 6.07 Å². The van der Waals surface area contributed by atoms with Crippen LogP contribution >= 0.6 is 0 Å². The molecule has 0 unspecified atom stereocenters. The Balaban J connectivity index is 1.84. The Labute approximate surface area is 167 Å². The first-order valence-electron chi connectivity index (χ1n) is 8.88. The van der Waals surface area contributed by atoms with Gasteiger partial charge in [-0.25, -0.2) is 18.2 Å². The molecule has 3 heterocycles. The number of morpholine rings is 1. The molecular formula is C19H18N4O5S. The van der Waals surface area contributed by atoms with Crippen LogP contribution < -0.4 is 0 Å². The molecule has 3 aromatic rings. The third-order valence-corrected chi connectivity index (χ3v) is 6.44. The van der Waals surface area contributed by atoms with E-state index in [4.69, 9.17) is 4.74 Å². The quantitative estimate of drug-likeness (QED) is 0.675. The van der Waals surface area contributed by atoms with E-state index in [-0.39, 0.29) is 23.5 Å². The number of sulfonamides is 1. The van der Waals surface area contributed by atoms with Gasteiger partial charge in [0.05, 0.1) is 23.7 Å². The molecule has 2 aromatic heterocycles. The van der Waals surface area contributed by atoms with Crippen molar-refractivity contribution in [1.29, 1.82) is 0 Å². The van der Waals surface area contributed by atoms with E-state index >= 15 is 0 Å². The lowest BCUT2D eigenvalue weighted by molar-refractivity contribution is 0.0696. The minimum atomic E-state index is -3.87. The van der Waals surface area contributed by atoms with E-state index in [1.54, 1.807) is 35.3 Å². The van der Waals surface area contributed by atoms with Crippen LogP contribution in [-0.4, -0.2) is 64.6 Å². The van der Waals surface area contributed by atoms with Crippen molar-refractivity contribution >= 4 is 16.0 Å². The zero-order valence-corrected chi connectivity index (χ0v) is 16.1. The summed E-state index contributed by atoms with van der Waals surface area (Å²) in [5.74, 6) is -0.743. The molecule has 4 rings (SSSR count). The van der Waals surface area contributed by atoms with Gasteiger partial charge in [0.25, 0.3) is 0 Å². The molecule has 9 nitrogen and oxygen atoms in total. The lowest BCUT2D eigenvalue weighted by atomic mass is 10.2. The first-order chi connectivity index (χ1) is 14.0. The number of hydrogen-bond donors (Lipinski definition) is 1. The SMILES string of the molecule is O=C(O)c1cc(-n2ccnc2-c2ccccn2)cc(S(=O)(=O)N2CCOCC2)c1. The van der Waals surface area contributed by atoms with E-state index in [0.717, 1.165) is 0 Å². The fraction of sp³-hybridized carbons (Fsp3) is 0.211. The van der Waals surface area contributed by atoms with Gasteiger partial charge in [-0.2, -0.15) is 4.31 Å². The Morgan fingerprint density at radius 2 is 1.86 bits per heavy atom. The third kappa shape index (κ3) is 3.77. The van der Waals surface area contributed by atoms with Gasteiger partial charge in [0.1, 0.15) is 5.69 Å². The van der Waals surface area contributed by atoms with Crippen LogP contribution in [-0.2, 0) is 14.8 Å². The third-order valence-electron chi connectivity index (χ3n) is 4.56. The molecule has 1 aliphatic heterocycles. The largest absolute Gasteiger partial charge is 0.478 e. The molecule has 1 N–H and O–H groups in total. The molecule has 0 atom stereocenters. The van der Waals surface area contributed by atoms with Crippen molar-refractivity contribution in [1.82, 2.24) is 18.8 Å². The molecule has 1 fully saturated rings. The number of imidazole rings is 1. The van der Waals surface area contributed by atoms with Crippen LogP contribution in [0, 0.1) is 0 Å². The number of ether oxygens (including phenoxy) is 1. The molecule has 29 heavy (non-hydrogen) atoms. The summed E-state index contributed by atoms with van der Waals surface area (Å²) in [6, 6.07) is 9.39. The second kappa shape index (κ2) is 7.74. The molecule has 0 saturated carbocycles. The minimum absolute atomic E-state index is 0.0880. The Morgan fingerprint density at radius 3 is 2.55 bits per heavy atom. The van der Waals surface area contributed by atoms with E-state index in [2.05, 4.69) is 9.97 Å². The van der Waals surface area contributed by atoms with E-state index in [0.29, 0.717) is 30.4 Å². The first-order valence-corrected chi connectivity index (χ1v) is 10.3. The summed E-state index contributed by atoms with van der Waals surface area (Å²) in [4.78, 5) is 20.1. The van der Waals surface area contributed by atoms with Gasteiger partial charge in [-0.15, -0.1) is 0 Å². The van der Waals surface area contributed by atoms with E-state index in [1.165, 1.54) is 22.5 Å². The highest BCUT2D eigenvalue weighted by molar-refractivity contribution is 7.89. The molecule has 1 saturated heterocycles. The van der Waals surface area contributed by atoms with Crippen molar-refractivity contribution < 1.29 is 23.1 Å². The van der Waals surface area contributed by atoms with Crippen molar-refractivity contribution in [3.63, 3.8) is 0 Å². The summed E-state index contributed by atoms with van der Waals surface area (Å²) in [5, 5.41) is 9.53. The maximum atomic E-state index is 13.1. The average Bonchev–Trinajstić information content (AvgIpc) is 3.24. The van der Waals surface area contributed by atoms with Crippen LogP contribution in [0.2, 0.25) is 0 Å². The highest BCUT2D eigenvalue weighted by Crippen LogP contribution is 2.25. The highest BCUT2D eigenvalue weighted by atomic mass is 32.2. The number of rotatable bonds is 5. The summed E-state index contributed by atoms with van der Waals surface area (Å²) in [6.45, 7) is 1.05. The van der Waals surface area contributed by atoms with Crippen LogP contribution in [0.1, 0.15) is 10.4 Å². The summed E-state index contributed by atoms with van der Waals surface area (Å²) >= 11 is 0. The predicted molar refractivity (Wildman–Crippen MR) is 103 cm³/mol. The molecule has 0 bridgehead atoms. The smallest absolute Gasteiger partial charge is 0.335 e. The number of carboxylic acid groups (broad SMARTS) is 1. The van der Waals surface area contributed by atoms with Crippen molar-refractivity contribution in [2.45, 2.75) is 4.90 Å². The van der Waals surface area contributed by atoms with Crippen molar-refractivity contribution in [2.24, 2.45) is 0 Å². The van der Waals surface area contributed by atoms with Gasteiger partial charge in [0.2, 0.25) is 10.0 Å².